The second-order valence-corrected chi connectivity index (χ2v) is 15.7. The molecule has 0 heterocycles. The summed E-state index contributed by atoms with van der Waals surface area (Å²) < 4.78 is 76.8. The number of alkyl halides is 2. The van der Waals surface area contributed by atoms with Gasteiger partial charge in [-0.15, -0.1) is 36.4 Å². The highest BCUT2D eigenvalue weighted by Crippen LogP contribution is 2.50. The van der Waals surface area contributed by atoms with Gasteiger partial charge in [0, 0.05) is 47.1 Å². The van der Waals surface area contributed by atoms with Gasteiger partial charge in [0.25, 0.3) is 0 Å². The van der Waals surface area contributed by atoms with E-state index in [0.717, 1.165) is 0 Å². The van der Waals surface area contributed by atoms with Crippen LogP contribution in [0.1, 0.15) is 54.4 Å². The Bertz CT molecular complexity index is 1330. The predicted octanol–water partition coefficient (Wildman–Crippen LogP) is 4.10. The van der Waals surface area contributed by atoms with Crippen LogP contribution in [0.3, 0.4) is 0 Å². The molecule has 0 aliphatic heterocycles. The SMILES string of the molecule is C=CCOP(=O)(OCCN)OC[C@H](COCC[C@@H](C)OC(C)=O)NC(C)=O.C=CCOP(=O)(OCCN=C=O)OC[C@@H](COCC[C@@H](C)OC(C)=O)NC(C)=O.ClCCl. The van der Waals surface area contributed by atoms with Crippen molar-refractivity contribution in [2.75, 3.05) is 84.5 Å². The summed E-state index contributed by atoms with van der Waals surface area (Å²) in [4.78, 5) is 57.8. The summed E-state index contributed by atoms with van der Waals surface area (Å²) in [5.41, 5.74) is 5.34. The zero-order valence-electron chi connectivity index (χ0n) is 34.6. The van der Waals surface area contributed by atoms with E-state index in [2.05, 4.69) is 28.8 Å². The van der Waals surface area contributed by atoms with Crippen molar-refractivity contribution >= 4 is 68.7 Å². The van der Waals surface area contributed by atoms with E-state index >= 15 is 0 Å². The number of phosphoric acid groups is 2. The third kappa shape index (κ3) is 41.9. The summed E-state index contributed by atoms with van der Waals surface area (Å²) in [7, 11) is -7.81. The summed E-state index contributed by atoms with van der Waals surface area (Å²) in [6.07, 6.45) is 4.47. The lowest BCUT2D eigenvalue weighted by Crippen LogP contribution is -2.40. The van der Waals surface area contributed by atoms with Gasteiger partial charge >= 0.3 is 27.6 Å². The lowest BCUT2D eigenvalue weighted by Gasteiger charge is -2.22. The molecule has 6 atom stereocenters. The number of nitrogens with one attached hydrogen (secondary N) is 2. The molecule has 25 heteroatoms. The number of nitrogens with two attached hydrogens (primary N) is 1. The third-order valence-corrected chi connectivity index (χ3v) is 8.84. The third-order valence-electron chi connectivity index (χ3n) is 5.98. The maximum Gasteiger partial charge on any atom is 0.475 e. The van der Waals surface area contributed by atoms with Gasteiger partial charge in [-0.1, -0.05) is 12.2 Å². The highest BCUT2D eigenvalue weighted by atomic mass is 35.5. The molecule has 0 saturated carbocycles. The fourth-order valence-electron chi connectivity index (χ4n) is 3.75. The molecule has 2 unspecified atom stereocenters. The minimum absolute atomic E-state index is 0.0102. The van der Waals surface area contributed by atoms with E-state index in [4.69, 9.17) is 75.0 Å². The summed E-state index contributed by atoms with van der Waals surface area (Å²) in [5.74, 6) is -1.38. The second kappa shape index (κ2) is 39.5. The number of esters is 2. The molecule has 0 aromatic rings. The highest BCUT2D eigenvalue weighted by Gasteiger charge is 2.29. The number of carbonyl (C=O) groups is 4. The lowest BCUT2D eigenvalue weighted by atomic mass is 10.3. The van der Waals surface area contributed by atoms with Crippen molar-refractivity contribution in [1.29, 1.82) is 0 Å². The van der Waals surface area contributed by atoms with Crippen LogP contribution in [0.25, 0.3) is 0 Å². The Hall–Kier alpha value is -2.58. The number of aliphatic imine (C=N–C) groups is 1. The van der Waals surface area contributed by atoms with Crippen LogP contribution in [0.2, 0.25) is 0 Å². The van der Waals surface area contributed by atoms with Gasteiger partial charge in [-0.25, -0.2) is 18.9 Å². The molecule has 0 radical (unpaired) electrons. The molecule has 59 heavy (non-hydrogen) atoms. The summed E-state index contributed by atoms with van der Waals surface area (Å²) in [6, 6.07) is -1.21. The van der Waals surface area contributed by atoms with Crippen LogP contribution in [-0.4, -0.2) is 139 Å². The first-order valence-electron chi connectivity index (χ1n) is 18.0. The van der Waals surface area contributed by atoms with Gasteiger partial charge in [-0.2, -0.15) is 0 Å². The molecule has 0 aliphatic carbocycles. The summed E-state index contributed by atoms with van der Waals surface area (Å²) >= 11 is 9.53. The zero-order chi connectivity index (χ0) is 45.5. The molecule has 0 aliphatic rings. The van der Waals surface area contributed by atoms with E-state index < -0.39 is 27.7 Å². The normalized spacial score (nSPS) is 14.6. The fraction of sp³-hybridized carbons (Fsp3) is 0.735. The Morgan fingerprint density at radius 2 is 1.08 bits per heavy atom. The molecule has 4 N–H and O–H groups in total. The number of isocyanates is 1. The molecule has 0 saturated heterocycles. The summed E-state index contributed by atoms with van der Waals surface area (Å²) in [6.45, 7) is 15.9. The number of hydrogen-bond acceptors (Lipinski definition) is 19. The first-order valence-corrected chi connectivity index (χ1v) is 22.0. The Labute approximate surface area is 356 Å². The number of rotatable bonds is 33. The molecule has 344 valence electrons. The Balaban J connectivity index is -0.000000998. The fourth-order valence-corrected chi connectivity index (χ4v) is 6.14. The van der Waals surface area contributed by atoms with Crippen LogP contribution < -0.4 is 16.4 Å². The average Bonchev–Trinajstić information content (AvgIpc) is 3.15. The molecular formula is C34H62Cl2N4O17P2. The maximum absolute atomic E-state index is 12.6. The predicted molar refractivity (Wildman–Crippen MR) is 218 cm³/mol. The lowest BCUT2D eigenvalue weighted by molar-refractivity contribution is -0.147. The Morgan fingerprint density at radius 1 is 0.695 bits per heavy atom. The average molecular weight is 932 g/mol. The maximum atomic E-state index is 12.6. The number of phosphoric ester groups is 2. The van der Waals surface area contributed by atoms with Crippen LogP contribution in [0.15, 0.2) is 30.3 Å². The van der Waals surface area contributed by atoms with Crippen LogP contribution in [0, 0.1) is 0 Å². The molecule has 0 aromatic carbocycles. The number of hydrogen-bond donors (Lipinski definition) is 3. The van der Waals surface area contributed by atoms with E-state index in [-0.39, 0.29) is 114 Å². The van der Waals surface area contributed by atoms with Crippen molar-refractivity contribution in [2.24, 2.45) is 10.7 Å². The Morgan fingerprint density at radius 3 is 1.41 bits per heavy atom. The first kappa shape index (κ1) is 60.7. The van der Waals surface area contributed by atoms with Crippen LogP contribution in [-0.2, 0) is 79.2 Å². The number of ether oxygens (including phenoxy) is 4. The quantitative estimate of drug-likeness (QED) is 0.0159. The molecule has 0 rings (SSSR count). The number of halogens is 2. The molecule has 0 aromatic heterocycles. The summed E-state index contributed by atoms with van der Waals surface area (Å²) in [5, 5.41) is 5.44. The van der Waals surface area contributed by atoms with Gasteiger partial charge in [-0.05, 0) is 13.8 Å². The first-order chi connectivity index (χ1) is 27.9. The minimum Gasteiger partial charge on any atom is -0.463 e. The van der Waals surface area contributed by atoms with Crippen molar-refractivity contribution in [1.82, 2.24) is 10.6 Å². The van der Waals surface area contributed by atoms with Crippen molar-refractivity contribution in [3.63, 3.8) is 0 Å². The smallest absolute Gasteiger partial charge is 0.463 e. The zero-order valence-corrected chi connectivity index (χ0v) is 37.9. The van der Waals surface area contributed by atoms with Gasteiger partial charge in [0.2, 0.25) is 17.9 Å². The van der Waals surface area contributed by atoms with E-state index in [0.29, 0.717) is 19.4 Å². The van der Waals surface area contributed by atoms with Crippen LogP contribution >= 0.6 is 38.8 Å². The molecule has 21 nitrogen and oxygen atoms in total. The topological polar surface area (TPSA) is 274 Å². The van der Waals surface area contributed by atoms with E-state index in [1.54, 1.807) is 13.8 Å². The van der Waals surface area contributed by atoms with Crippen LogP contribution in [0.5, 0.6) is 0 Å². The van der Waals surface area contributed by atoms with E-state index in [1.165, 1.54) is 45.9 Å². The second-order valence-electron chi connectivity index (χ2n) is 11.5. The molecular weight excluding hydrogens is 869 g/mol. The number of nitrogens with zero attached hydrogens (tertiary/aromatic N) is 1. The van der Waals surface area contributed by atoms with E-state index in [1.807, 2.05) is 0 Å². The van der Waals surface area contributed by atoms with Crippen molar-refractivity contribution in [3.8, 4) is 0 Å². The van der Waals surface area contributed by atoms with Crippen molar-refractivity contribution in [2.45, 2.75) is 78.7 Å². The van der Waals surface area contributed by atoms with Gasteiger partial charge in [0.05, 0.1) is 90.0 Å². The monoisotopic (exact) mass is 930 g/mol. The van der Waals surface area contributed by atoms with Gasteiger partial charge in [0.15, 0.2) is 0 Å². The van der Waals surface area contributed by atoms with E-state index in [9.17, 15) is 33.1 Å². The van der Waals surface area contributed by atoms with Gasteiger partial charge in [0.1, 0.15) is 12.2 Å². The number of amides is 2. The van der Waals surface area contributed by atoms with Gasteiger partial charge in [-0.3, -0.25) is 46.3 Å². The molecule has 0 bridgehead atoms. The molecule has 0 spiro atoms. The largest absolute Gasteiger partial charge is 0.475 e. The number of carbonyl (C=O) groups excluding carboxylic acids is 5. The molecule has 2 amide bonds. The molecule has 0 fully saturated rings. The standard InChI is InChI=1S/C17H29N2O9P.C16H31N2O8P.CH2Cl2/c1-5-8-25-29(23,26-10-7-18-13-20)27-12-17(19-15(3)21)11-24-9-6-14(2)28-16(4)22;1-5-8-23-27(21,24-10-7-17)25-12-16(18-14(3)19)11-22-9-6-13(2)26-15(4)20;2-1-3/h5,14,17H,1,6-12H2,2-4H3,(H,19,21);5,13,16H,1,6-12,17H2,2-4H3,(H,18,19);1H2/t14-,17-,29?;13-,16+,27?;/m11./s1. The minimum atomic E-state index is -3.97. The highest BCUT2D eigenvalue weighted by molar-refractivity contribution is 7.48. The van der Waals surface area contributed by atoms with Crippen molar-refractivity contribution < 1.29 is 79.2 Å². The van der Waals surface area contributed by atoms with Gasteiger partial charge < -0.3 is 35.3 Å². The Kier molecular flexibility index (Phi) is 40.7. The van der Waals surface area contributed by atoms with Crippen LogP contribution in [0.4, 0.5) is 0 Å². The van der Waals surface area contributed by atoms with Crippen molar-refractivity contribution in [3.05, 3.63) is 25.3 Å².